The van der Waals surface area contributed by atoms with Gasteiger partial charge in [0.25, 0.3) is 10.0 Å². The van der Waals surface area contributed by atoms with Gasteiger partial charge in [-0.25, -0.2) is 0 Å². The predicted molar refractivity (Wildman–Crippen MR) is 66.3 cm³/mol. The predicted octanol–water partition coefficient (Wildman–Crippen LogP) is 2.80. The normalized spacial score (nSPS) is 13.2. The van der Waals surface area contributed by atoms with Gasteiger partial charge in [-0.1, -0.05) is 38.5 Å². The standard InChI is InChI=1S/C12H17NO2S/c1-10-5-7-11(8-6-10)16(14,15)13-9-12(2,3)4/h5-9H,1-4H3/b13-9-. The first kappa shape index (κ1) is 12.9. The van der Waals surface area contributed by atoms with E-state index in [1.54, 1.807) is 24.3 Å². The molecule has 0 saturated heterocycles. The highest BCUT2D eigenvalue weighted by atomic mass is 32.2. The topological polar surface area (TPSA) is 46.5 Å². The second-order valence-electron chi connectivity index (χ2n) is 4.89. The molecule has 0 amide bonds. The highest BCUT2D eigenvalue weighted by Crippen LogP contribution is 2.15. The molecule has 0 aliphatic heterocycles. The summed E-state index contributed by atoms with van der Waals surface area (Å²) in [4.78, 5) is 0.235. The van der Waals surface area contributed by atoms with E-state index in [9.17, 15) is 8.42 Å². The van der Waals surface area contributed by atoms with Crippen molar-refractivity contribution in [1.82, 2.24) is 0 Å². The van der Waals surface area contributed by atoms with Crippen molar-refractivity contribution < 1.29 is 8.42 Å². The lowest BCUT2D eigenvalue weighted by Crippen LogP contribution is -2.08. The van der Waals surface area contributed by atoms with Gasteiger partial charge in [0, 0.05) is 6.21 Å². The molecule has 1 rings (SSSR count). The minimum absolute atomic E-state index is 0.235. The van der Waals surface area contributed by atoms with Crippen LogP contribution in [0.5, 0.6) is 0 Å². The SMILES string of the molecule is Cc1ccc(S(=O)(=O)/N=C\C(C)(C)C)cc1. The largest absolute Gasteiger partial charge is 0.281 e. The van der Waals surface area contributed by atoms with Crippen molar-refractivity contribution in [3.63, 3.8) is 0 Å². The molecule has 1 aromatic carbocycles. The summed E-state index contributed by atoms with van der Waals surface area (Å²) >= 11 is 0. The molecular formula is C12H17NO2S. The Hall–Kier alpha value is -1.16. The molecular weight excluding hydrogens is 222 g/mol. The maximum atomic E-state index is 11.8. The summed E-state index contributed by atoms with van der Waals surface area (Å²) in [5.41, 5.74) is 0.788. The van der Waals surface area contributed by atoms with Crippen LogP contribution in [0.25, 0.3) is 0 Å². The number of hydrogen-bond donors (Lipinski definition) is 0. The van der Waals surface area contributed by atoms with Crippen LogP contribution < -0.4 is 0 Å². The van der Waals surface area contributed by atoms with Crippen LogP contribution in [0, 0.1) is 12.3 Å². The van der Waals surface area contributed by atoms with E-state index in [0.717, 1.165) is 5.56 Å². The lowest BCUT2D eigenvalue weighted by molar-refractivity contribution is 0.590. The van der Waals surface area contributed by atoms with Gasteiger partial charge in [0.2, 0.25) is 0 Å². The summed E-state index contributed by atoms with van der Waals surface area (Å²) in [6.45, 7) is 7.62. The second-order valence-corrected chi connectivity index (χ2v) is 6.52. The maximum absolute atomic E-state index is 11.8. The third-order valence-electron chi connectivity index (χ3n) is 1.90. The molecule has 0 N–H and O–H groups in total. The highest BCUT2D eigenvalue weighted by Gasteiger charge is 2.13. The Bertz CT molecular complexity index is 479. The Morgan fingerprint density at radius 3 is 2.06 bits per heavy atom. The summed E-state index contributed by atoms with van der Waals surface area (Å²) in [5.74, 6) is 0. The molecule has 0 heterocycles. The molecule has 0 spiro atoms. The lowest BCUT2D eigenvalue weighted by Gasteiger charge is -2.09. The van der Waals surface area contributed by atoms with Crippen LogP contribution in [0.3, 0.4) is 0 Å². The molecule has 1 aromatic rings. The van der Waals surface area contributed by atoms with E-state index >= 15 is 0 Å². The van der Waals surface area contributed by atoms with E-state index in [2.05, 4.69) is 4.40 Å². The summed E-state index contributed by atoms with van der Waals surface area (Å²) in [6, 6.07) is 6.67. The molecule has 88 valence electrons. The molecule has 4 heteroatoms. The summed E-state index contributed by atoms with van der Waals surface area (Å²) in [5, 5.41) is 0. The lowest BCUT2D eigenvalue weighted by atomic mass is 10.00. The van der Waals surface area contributed by atoms with Crippen molar-refractivity contribution in [2.24, 2.45) is 9.81 Å². The first-order chi connectivity index (χ1) is 7.21. The van der Waals surface area contributed by atoms with E-state index in [4.69, 9.17) is 0 Å². The third-order valence-corrected chi connectivity index (χ3v) is 3.15. The molecule has 0 aliphatic carbocycles. The van der Waals surface area contributed by atoms with Crippen LogP contribution in [0.1, 0.15) is 26.3 Å². The molecule has 0 saturated carbocycles. The minimum Gasteiger partial charge on any atom is -0.199 e. The second kappa shape index (κ2) is 4.37. The van der Waals surface area contributed by atoms with Crippen molar-refractivity contribution in [1.29, 1.82) is 0 Å². The molecule has 0 aromatic heterocycles. The molecule has 16 heavy (non-hydrogen) atoms. The van der Waals surface area contributed by atoms with Crippen molar-refractivity contribution >= 4 is 16.2 Å². The fourth-order valence-electron chi connectivity index (χ4n) is 0.999. The molecule has 0 bridgehead atoms. The van der Waals surface area contributed by atoms with Gasteiger partial charge in [-0.05, 0) is 24.5 Å². The smallest absolute Gasteiger partial charge is 0.199 e. The first-order valence-corrected chi connectivity index (χ1v) is 6.53. The maximum Gasteiger partial charge on any atom is 0.281 e. The molecule has 0 atom stereocenters. The minimum atomic E-state index is -3.54. The third kappa shape index (κ3) is 3.77. The van der Waals surface area contributed by atoms with E-state index < -0.39 is 10.0 Å². The first-order valence-electron chi connectivity index (χ1n) is 5.09. The Labute approximate surface area is 97.3 Å². The fraction of sp³-hybridized carbons (Fsp3) is 0.417. The van der Waals surface area contributed by atoms with Gasteiger partial charge in [-0.3, -0.25) is 0 Å². The van der Waals surface area contributed by atoms with Crippen molar-refractivity contribution in [2.45, 2.75) is 32.6 Å². The molecule has 0 radical (unpaired) electrons. The van der Waals surface area contributed by atoms with Crippen molar-refractivity contribution in [2.75, 3.05) is 0 Å². The number of nitrogens with zero attached hydrogens (tertiary/aromatic N) is 1. The quantitative estimate of drug-likeness (QED) is 0.745. The number of sulfonamides is 1. The van der Waals surface area contributed by atoms with Crippen molar-refractivity contribution in [3.05, 3.63) is 29.8 Å². The summed E-state index contributed by atoms with van der Waals surface area (Å²) in [6.07, 6.45) is 1.46. The van der Waals surface area contributed by atoms with Gasteiger partial charge in [-0.2, -0.15) is 12.8 Å². The number of benzene rings is 1. The summed E-state index contributed by atoms with van der Waals surface area (Å²) in [7, 11) is -3.54. The molecule has 0 aliphatic rings. The highest BCUT2D eigenvalue weighted by molar-refractivity contribution is 7.90. The molecule has 0 fully saturated rings. The van der Waals surface area contributed by atoms with E-state index in [-0.39, 0.29) is 10.3 Å². The van der Waals surface area contributed by atoms with E-state index in [0.29, 0.717) is 0 Å². The van der Waals surface area contributed by atoms with Gasteiger partial charge in [0.05, 0.1) is 4.90 Å². The van der Waals surface area contributed by atoms with Gasteiger partial charge >= 0.3 is 0 Å². The zero-order valence-electron chi connectivity index (χ0n) is 10.1. The Balaban J connectivity index is 3.04. The average Bonchev–Trinajstić information content (AvgIpc) is 2.15. The van der Waals surface area contributed by atoms with Crippen LogP contribution in [0.4, 0.5) is 0 Å². The van der Waals surface area contributed by atoms with Gasteiger partial charge in [0.15, 0.2) is 0 Å². The van der Waals surface area contributed by atoms with Crippen LogP contribution in [-0.4, -0.2) is 14.6 Å². The zero-order chi connectivity index (χ0) is 12.4. The van der Waals surface area contributed by atoms with Crippen LogP contribution in [-0.2, 0) is 10.0 Å². The zero-order valence-corrected chi connectivity index (χ0v) is 10.9. The molecule has 3 nitrogen and oxygen atoms in total. The van der Waals surface area contributed by atoms with Crippen LogP contribution in [0.2, 0.25) is 0 Å². The fourth-order valence-corrected chi connectivity index (χ4v) is 2.06. The van der Waals surface area contributed by atoms with Gasteiger partial charge in [-0.15, -0.1) is 0 Å². The van der Waals surface area contributed by atoms with Crippen molar-refractivity contribution in [3.8, 4) is 0 Å². The van der Waals surface area contributed by atoms with E-state index in [1.807, 2.05) is 27.7 Å². The Morgan fingerprint density at radius 2 is 1.62 bits per heavy atom. The number of rotatable bonds is 2. The number of hydrogen-bond acceptors (Lipinski definition) is 2. The Morgan fingerprint density at radius 1 is 1.12 bits per heavy atom. The molecule has 0 unspecified atom stereocenters. The number of aryl methyl sites for hydroxylation is 1. The van der Waals surface area contributed by atoms with Crippen LogP contribution in [0.15, 0.2) is 33.6 Å². The Kier molecular flexibility index (Phi) is 3.53. The monoisotopic (exact) mass is 239 g/mol. The van der Waals surface area contributed by atoms with Gasteiger partial charge < -0.3 is 0 Å². The summed E-state index contributed by atoms with van der Waals surface area (Å²) < 4.78 is 27.3. The van der Waals surface area contributed by atoms with E-state index in [1.165, 1.54) is 6.21 Å². The average molecular weight is 239 g/mol. The van der Waals surface area contributed by atoms with Gasteiger partial charge in [0.1, 0.15) is 0 Å². The van der Waals surface area contributed by atoms with Crippen LogP contribution >= 0.6 is 0 Å².